The van der Waals surface area contributed by atoms with Crippen LogP contribution in [0.15, 0.2) is 18.2 Å². The summed E-state index contributed by atoms with van der Waals surface area (Å²) in [5.74, 6) is 0.559. The lowest BCUT2D eigenvalue weighted by atomic mass is 9.93. The predicted molar refractivity (Wildman–Crippen MR) is 77.4 cm³/mol. The first-order chi connectivity index (χ1) is 9.27. The molecule has 1 saturated heterocycles. The van der Waals surface area contributed by atoms with Crippen LogP contribution in [0.5, 0.6) is 0 Å². The molecule has 2 aliphatic heterocycles. The van der Waals surface area contributed by atoms with Crippen molar-refractivity contribution in [1.82, 2.24) is 5.32 Å². The second-order valence-electron chi connectivity index (χ2n) is 5.70. The quantitative estimate of drug-likeness (QED) is 0.838. The molecule has 0 radical (unpaired) electrons. The molecule has 1 aromatic carbocycles. The lowest BCUT2D eigenvalue weighted by Crippen LogP contribution is -2.43. The number of anilines is 1. The Morgan fingerprint density at radius 1 is 1.32 bits per heavy atom. The minimum atomic E-state index is 0.215. The first-order valence-corrected chi connectivity index (χ1v) is 7.38. The number of rotatable bonds is 1. The van der Waals surface area contributed by atoms with Gasteiger partial charge >= 0.3 is 0 Å². The topological polar surface area (TPSA) is 32.3 Å². The van der Waals surface area contributed by atoms with Crippen molar-refractivity contribution in [2.45, 2.75) is 32.6 Å². The molecule has 0 spiro atoms. The van der Waals surface area contributed by atoms with E-state index in [1.165, 1.54) is 16.8 Å². The number of hydrogen-bond donors (Lipinski definition) is 1. The van der Waals surface area contributed by atoms with Gasteiger partial charge in [0.15, 0.2) is 0 Å². The van der Waals surface area contributed by atoms with E-state index < -0.39 is 0 Å². The molecule has 1 fully saturated rings. The minimum absolute atomic E-state index is 0.215. The number of carbonyl (C=O) groups excluding carboxylic acids is 1. The van der Waals surface area contributed by atoms with Gasteiger partial charge in [0, 0.05) is 18.2 Å². The Morgan fingerprint density at radius 2 is 2.11 bits per heavy atom. The minimum Gasteiger partial charge on any atom is -0.317 e. The highest BCUT2D eigenvalue weighted by molar-refractivity contribution is 5.97. The maximum Gasteiger partial charge on any atom is 0.230 e. The number of para-hydroxylation sites is 1. The number of carbonyl (C=O) groups is 1. The molecule has 3 nitrogen and oxygen atoms in total. The molecule has 2 aliphatic rings. The largest absolute Gasteiger partial charge is 0.317 e. The third-order valence-electron chi connectivity index (χ3n) is 4.37. The van der Waals surface area contributed by atoms with Crippen molar-refractivity contribution in [2.75, 3.05) is 24.5 Å². The highest BCUT2D eigenvalue weighted by Gasteiger charge is 2.30. The molecule has 2 heterocycles. The molecule has 3 rings (SSSR count). The van der Waals surface area contributed by atoms with E-state index in [-0.39, 0.29) is 5.92 Å². The number of benzene rings is 1. The molecule has 102 valence electrons. The molecule has 3 heteroatoms. The van der Waals surface area contributed by atoms with Crippen molar-refractivity contribution < 1.29 is 4.79 Å². The van der Waals surface area contributed by atoms with Gasteiger partial charge in [0.25, 0.3) is 0 Å². The fourth-order valence-corrected chi connectivity index (χ4v) is 3.36. The number of hydrogen-bond acceptors (Lipinski definition) is 2. The summed E-state index contributed by atoms with van der Waals surface area (Å²) < 4.78 is 0. The number of fused-ring (bicyclic) bond motifs is 1. The molecule has 0 bridgehead atoms. The molecule has 0 atom stereocenters. The maximum absolute atomic E-state index is 12.8. The van der Waals surface area contributed by atoms with E-state index in [9.17, 15) is 4.79 Å². The zero-order valence-corrected chi connectivity index (χ0v) is 11.6. The smallest absolute Gasteiger partial charge is 0.230 e. The molecule has 19 heavy (non-hydrogen) atoms. The number of piperidine rings is 1. The van der Waals surface area contributed by atoms with Gasteiger partial charge in [-0.15, -0.1) is 0 Å². The zero-order chi connectivity index (χ0) is 13.2. The van der Waals surface area contributed by atoms with Gasteiger partial charge in [-0.05, 0) is 56.8 Å². The van der Waals surface area contributed by atoms with Gasteiger partial charge < -0.3 is 10.2 Å². The molecule has 0 aliphatic carbocycles. The number of aryl methyl sites for hydroxylation is 2. The van der Waals surface area contributed by atoms with Crippen LogP contribution in [0, 0.1) is 12.8 Å². The second-order valence-corrected chi connectivity index (χ2v) is 5.70. The normalized spacial score (nSPS) is 20.2. The van der Waals surface area contributed by atoms with E-state index >= 15 is 0 Å². The first-order valence-electron chi connectivity index (χ1n) is 7.38. The summed E-state index contributed by atoms with van der Waals surface area (Å²) in [6.07, 6.45) is 4.16. The van der Waals surface area contributed by atoms with Crippen LogP contribution in [-0.4, -0.2) is 25.5 Å². The van der Waals surface area contributed by atoms with E-state index in [1.807, 2.05) is 0 Å². The van der Waals surface area contributed by atoms with E-state index in [4.69, 9.17) is 0 Å². The van der Waals surface area contributed by atoms with Crippen molar-refractivity contribution >= 4 is 11.6 Å². The molecular weight excluding hydrogens is 236 g/mol. The first kappa shape index (κ1) is 12.7. The van der Waals surface area contributed by atoms with Crippen molar-refractivity contribution in [3.8, 4) is 0 Å². The average Bonchev–Trinajstić information content (AvgIpc) is 2.47. The van der Waals surface area contributed by atoms with Gasteiger partial charge in [0.2, 0.25) is 5.91 Å². The van der Waals surface area contributed by atoms with Crippen LogP contribution in [0.1, 0.15) is 30.4 Å². The molecule has 0 saturated carbocycles. The summed E-state index contributed by atoms with van der Waals surface area (Å²) in [4.78, 5) is 14.8. The molecule has 0 aromatic heterocycles. The van der Waals surface area contributed by atoms with Crippen molar-refractivity contribution in [3.63, 3.8) is 0 Å². The van der Waals surface area contributed by atoms with Gasteiger partial charge in [-0.2, -0.15) is 0 Å². The Kier molecular flexibility index (Phi) is 3.56. The highest BCUT2D eigenvalue weighted by atomic mass is 16.2. The monoisotopic (exact) mass is 258 g/mol. The van der Waals surface area contributed by atoms with Crippen LogP contribution < -0.4 is 10.2 Å². The van der Waals surface area contributed by atoms with Gasteiger partial charge in [0.1, 0.15) is 0 Å². The summed E-state index contributed by atoms with van der Waals surface area (Å²) in [6, 6.07) is 6.39. The summed E-state index contributed by atoms with van der Waals surface area (Å²) in [6.45, 7) is 4.96. The standard InChI is InChI=1S/C16H22N2O/c1-12-4-2-5-13-6-3-11-18(15(12)13)16(19)14-7-9-17-10-8-14/h2,4-5,14,17H,3,6-11H2,1H3. The summed E-state index contributed by atoms with van der Waals surface area (Å²) in [7, 11) is 0. The third kappa shape index (κ3) is 2.39. The molecule has 0 unspecified atom stereocenters. The molecular formula is C16H22N2O. The summed E-state index contributed by atoms with van der Waals surface area (Å²) >= 11 is 0. The van der Waals surface area contributed by atoms with E-state index in [1.54, 1.807) is 0 Å². The Hall–Kier alpha value is -1.35. The van der Waals surface area contributed by atoms with Gasteiger partial charge in [0.05, 0.1) is 0 Å². The van der Waals surface area contributed by atoms with Crippen LogP contribution in [-0.2, 0) is 11.2 Å². The lowest BCUT2D eigenvalue weighted by molar-refractivity contribution is -0.123. The molecule has 1 aromatic rings. The molecule has 1 amide bonds. The van der Waals surface area contributed by atoms with Gasteiger partial charge in [-0.3, -0.25) is 4.79 Å². The summed E-state index contributed by atoms with van der Waals surface area (Å²) in [5.41, 5.74) is 3.77. The Morgan fingerprint density at radius 3 is 2.89 bits per heavy atom. The maximum atomic E-state index is 12.8. The van der Waals surface area contributed by atoms with Crippen LogP contribution in [0.2, 0.25) is 0 Å². The fraction of sp³-hybridized carbons (Fsp3) is 0.562. The van der Waals surface area contributed by atoms with Crippen LogP contribution >= 0.6 is 0 Å². The number of amides is 1. The number of nitrogens with zero attached hydrogens (tertiary/aromatic N) is 1. The van der Waals surface area contributed by atoms with Gasteiger partial charge in [-0.25, -0.2) is 0 Å². The second kappa shape index (κ2) is 5.33. The van der Waals surface area contributed by atoms with Gasteiger partial charge in [-0.1, -0.05) is 18.2 Å². The summed E-state index contributed by atoms with van der Waals surface area (Å²) in [5, 5.41) is 3.33. The van der Waals surface area contributed by atoms with Crippen molar-refractivity contribution in [2.24, 2.45) is 5.92 Å². The lowest BCUT2D eigenvalue weighted by Gasteiger charge is -2.34. The van der Waals surface area contributed by atoms with E-state index in [2.05, 4.69) is 35.3 Å². The number of nitrogens with one attached hydrogen (secondary N) is 1. The van der Waals surface area contributed by atoms with Crippen molar-refractivity contribution in [3.05, 3.63) is 29.3 Å². The SMILES string of the molecule is Cc1cccc2c1N(C(=O)C1CCNCC1)CCC2. The van der Waals surface area contributed by atoms with E-state index in [0.717, 1.165) is 45.3 Å². The zero-order valence-electron chi connectivity index (χ0n) is 11.6. The third-order valence-corrected chi connectivity index (χ3v) is 4.37. The Labute approximate surface area is 115 Å². The van der Waals surface area contributed by atoms with Crippen molar-refractivity contribution in [1.29, 1.82) is 0 Å². The van der Waals surface area contributed by atoms with Crippen LogP contribution in [0.3, 0.4) is 0 Å². The average molecular weight is 258 g/mol. The Balaban J connectivity index is 1.88. The highest BCUT2D eigenvalue weighted by Crippen LogP contribution is 2.32. The van der Waals surface area contributed by atoms with Crippen LogP contribution in [0.4, 0.5) is 5.69 Å². The van der Waals surface area contributed by atoms with Crippen LogP contribution in [0.25, 0.3) is 0 Å². The Bertz CT molecular complexity index is 478. The van der Waals surface area contributed by atoms with E-state index in [0.29, 0.717) is 5.91 Å². The molecule has 1 N–H and O–H groups in total. The predicted octanol–water partition coefficient (Wildman–Crippen LogP) is 2.27. The fourth-order valence-electron chi connectivity index (χ4n) is 3.36.